The standard InChI is InChI=1S/C28H47N3O4/c1-9-11-16-29-25(32)24(22-15-13-14-21(5)19-22)31(17-12-10-2)26(33)23(18-20(3)4)30-27(34)35-28(6,7)8/h13-15,19-20,23-24H,9-12,16-18H2,1-8H3,(H,29,32)(H,30,34). The monoisotopic (exact) mass is 489 g/mol. The molecule has 7 nitrogen and oxygen atoms in total. The number of carbonyl (C=O) groups is 3. The fraction of sp³-hybridized carbons (Fsp3) is 0.679. The SMILES string of the molecule is CCCCNC(=O)C(c1cccc(C)c1)N(CCCC)C(=O)C(CC(C)C)NC(=O)OC(C)(C)C. The van der Waals surface area contributed by atoms with Crippen LogP contribution in [-0.4, -0.2) is 47.5 Å². The number of aryl methyl sites for hydroxylation is 1. The Morgan fingerprint density at radius 3 is 2.26 bits per heavy atom. The maximum Gasteiger partial charge on any atom is 0.408 e. The number of nitrogens with zero attached hydrogens (tertiary/aromatic N) is 1. The molecule has 1 rings (SSSR count). The van der Waals surface area contributed by atoms with Crippen molar-refractivity contribution >= 4 is 17.9 Å². The van der Waals surface area contributed by atoms with E-state index in [-0.39, 0.29) is 17.7 Å². The van der Waals surface area contributed by atoms with Gasteiger partial charge < -0.3 is 20.3 Å². The van der Waals surface area contributed by atoms with Gasteiger partial charge in [0.05, 0.1) is 0 Å². The van der Waals surface area contributed by atoms with Gasteiger partial charge in [-0.05, 0) is 58.4 Å². The van der Waals surface area contributed by atoms with Gasteiger partial charge in [-0.2, -0.15) is 0 Å². The number of ether oxygens (including phenoxy) is 1. The van der Waals surface area contributed by atoms with Gasteiger partial charge in [0.25, 0.3) is 0 Å². The smallest absolute Gasteiger partial charge is 0.408 e. The topological polar surface area (TPSA) is 87.7 Å². The summed E-state index contributed by atoms with van der Waals surface area (Å²) >= 11 is 0. The van der Waals surface area contributed by atoms with Crippen LogP contribution in [0.3, 0.4) is 0 Å². The first-order chi connectivity index (χ1) is 16.4. The summed E-state index contributed by atoms with van der Waals surface area (Å²) in [6, 6.07) is 6.15. The molecule has 3 amide bonds. The van der Waals surface area contributed by atoms with E-state index in [9.17, 15) is 14.4 Å². The van der Waals surface area contributed by atoms with Gasteiger partial charge in [-0.15, -0.1) is 0 Å². The molecule has 2 atom stereocenters. The van der Waals surface area contributed by atoms with Crippen LogP contribution in [0.1, 0.15) is 97.7 Å². The second kappa shape index (κ2) is 14.7. The van der Waals surface area contributed by atoms with Crippen molar-refractivity contribution in [3.63, 3.8) is 0 Å². The van der Waals surface area contributed by atoms with Crippen LogP contribution in [0, 0.1) is 12.8 Å². The molecule has 0 aliphatic carbocycles. The Morgan fingerprint density at radius 1 is 1.06 bits per heavy atom. The molecule has 0 aliphatic rings. The predicted molar refractivity (Wildman–Crippen MR) is 141 cm³/mol. The van der Waals surface area contributed by atoms with Gasteiger partial charge in [0.1, 0.15) is 17.7 Å². The molecule has 0 heterocycles. The highest BCUT2D eigenvalue weighted by atomic mass is 16.6. The van der Waals surface area contributed by atoms with Crippen LogP contribution in [0.2, 0.25) is 0 Å². The highest BCUT2D eigenvalue weighted by Crippen LogP contribution is 2.25. The fourth-order valence-corrected chi connectivity index (χ4v) is 3.84. The molecule has 198 valence electrons. The second-order valence-electron chi connectivity index (χ2n) is 10.7. The van der Waals surface area contributed by atoms with E-state index in [2.05, 4.69) is 24.5 Å². The van der Waals surface area contributed by atoms with E-state index in [1.807, 2.05) is 45.0 Å². The third kappa shape index (κ3) is 11.1. The number of carbonyl (C=O) groups excluding carboxylic acids is 3. The maximum atomic E-state index is 14.0. The number of unbranched alkanes of at least 4 members (excludes halogenated alkanes) is 2. The molecule has 0 aliphatic heterocycles. The summed E-state index contributed by atoms with van der Waals surface area (Å²) in [7, 11) is 0. The van der Waals surface area contributed by atoms with Gasteiger partial charge in [-0.25, -0.2) is 4.79 Å². The predicted octanol–water partition coefficient (Wildman–Crippen LogP) is 5.52. The summed E-state index contributed by atoms with van der Waals surface area (Å²) in [6.45, 7) is 16.4. The number of amides is 3. The number of rotatable bonds is 13. The summed E-state index contributed by atoms with van der Waals surface area (Å²) in [5, 5.41) is 5.81. The molecule has 1 aromatic rings. The van der Waals surface area contributed by atoms with Crippen LogP contribution in [0.15, 0.2) is 24.3 Å². The molecule has 2 N–H and O–H groups in total. The van der Waals surface area contributed by atoms with Crippen molar-refractivity contribution in [2.45, 2.75) is 105 Å². The Bertz CT molecular complexity index is 817. The first kappa shape index (κ1) is 30.5. The van der Waals surface area contributed by atoms with Gasteiger partial charge in [-0.3, -0.25) is 9.59 Å². The number of hydrogen-bond acceptors (Lipinski definition) is 4. The molecule has 0 aromatic heterocycles. The minimum Gasteiger partial charge on any atom is -0.444 e. The third-order valence-electron chi connectivity index (χ3n) is 5.48. The van der Waals surface area contributed by atoms with Crippen molar-refractivity contribution in [2.75, 3.05) is 13.1 Å². The molecule has 2 unspecified atom stereocenters. The quantitative estimate of drug-likeness (QED) is 0.357. The van der Waals surface area contributed by atoms with Crippen molar-refractivity contribution in [2.24, 2.45) is 5.92 Å². The van der Waals surface area contributed by atoms with E-state index in [1.165, 1.54) is 0 Å². The molecular weight excluding hydrogens is 442 g/mol. The van der Waals surface area contributed by atoms with Crippen molar-refractivity contribution in [3.05, 3.63) is 35.4 Å². The lowest BCUT2D eigenvalue weighted by Gasteiger charge is -2.35. The normalized spacial score (nSPS) is 13.2. The Hall–Kier alpha value is -2.57. The van der Waals surface area contributed by atoms with Crippen molar-refractivity contribution in [1.82, 2.24) is 15.5 Å². The molecule has 0 bridgehead atoms. The Balaban J connectivity index is 3.41. The van der Waals surface area contributed by atoms with Crippen molar-refractivity contribution in [3.8, 4) is 0 Å². The molecule has 35 heavy (non-hydrogen) atoms. The first-order valence-corrected chi connectivity index (χ1v) is 13.0. The first-order valence-electron chi connectivity index (χ1n) is 13.0. The average Bonchev–Trinajstić information content (AvgIpc) is 2.74. The van der Waals surface area contributed by atoms with Crippen LogP contribution < -0.4 is 10.6 Å². The minimum atomic E-state index is -0.794. The zero-order chi connectivity index (χ0) is 26.6. The van der Waals surface area contributed by atoms with Crippen LogP contribution in [-0.2, 0) is 14.3 Å². The van der Waals surface area contributed by atoms with Gasteiger partial charge >= 0.3 is 6.09 Å². The Morgan fingerprint density at radius 2 is 1.71 bits per heavy atom. The molecule has 0 saturated heterocycles. The summed E-state index contributed by atoms with van der Waals surface area (Å²) in [5.41, 5.74) is 1.10. The van der Waals surface area contributed by atoms with E-state index in [0.717, 1.165) is 36.8 Å². The largest absolute Gasteiger partial charge is 0.444 e. The highest BCUT2D eigenvalue weighted by molar-refractivity contribution is 5.92. The molecule has 0 fully saturated rings. The zero-order valence-corrected chi connectivity index (χ0v) is 23.1. The highest BCUT2D eigenvalue weighted by Gasteiger charge is 2.36. The molecule has 0 saturated carbocycles. The molecule has 0 spiro atoms. The van der Waals surface area contributed by atoms with E-state index in [4.69, 9.17) is 4.74 Å². The minimum absolute atomic E-state index is 0.155. The summed E-state index contributed by atoms with van der Waals surface area (Å²) in [6.07, 6.45) is 3.26. The van der Waals surface area contributed by atoms with E-state index in [1.54, 1.807) is 25.7 Å². The lowest BCUT2D eigenvalue weighted by Crippen LogP contribution is -2.53. The van der Waals surface area contributed by atoms with Crippen LogP contribution >= 0.6 is 0 Å². The van der Waals surface area contributed by atoms with Crippen LogP contribution in [0.25, 0.3) is 0 Å². The molecule has 7 heteroatoms. The molecule has 0 radical (unpaired) electrons. The van der Waals surface area contributed by atoms with Crippen molar-refractivity contribution < 1.29 is 19.1 Å². The van der Waals surface area contributed by atoms with E-state index < -0.39 is 23.8 Å². The Labute approximate surface area is 212 Å². The Kier molecular flexibility index (Phi) is 12.8. The summed E-state index contributed by atoms with van der Waals surface area (Å²) in [4.78, 5) is 41.7. The van der Waals surface area contributed by atoms with E-state index in [0.29, 0.717) is 19.5 Å². The summed E-state index contributed by atoms with van der Waals surface area (Å²) in [5.74, 6) is -0.313. The number of hydrogen-bond donors (Lipinski definition) is 2. The van der Waals surface area contributed by atoms with Crippen LogP contribution in [0.5, 0.6) is 0 Å². The fourth-order valence-electron chi connectivity index (χ4n) is 3.84. The van der Waals surface area contributed by atoms with Crippen LogP contribution in [0.4, 0.5) is 4.79 Å². The molecular formula is C28H47N3O4. The number of nitrogens with one attached hydrogen (secondary N) is 2. The zero-order valence-electron chi connectivity index (χ0n) is 23.1. The maximum absolute atomic E-state index is 14.0. The third-order valence-corrected chi connectivity index (χ3v) is 5.48. The lowest BCUT2D eigenvalue weighted by molar-refractivity contribution is -0.142. The summed E-state index contributed by atoms with van der Waals surface area (Å²) < 4.78 is 5.43. The van der Waals surface area contributed by atoms with Crippen molar-refractivity contribution in [1.29, 1.82) is 0 Å². The number of benzene rings is 1. The van der Waals surface area contributed by atoms with Gasteiger partial charge in [0.2, 0.25) is 11.8 Å². The number of alkyl carbamates (subject to hydrolysis) is 1. The second-order valence-corrected chi connectivity index (χ2v) is 10.7. The van der Waals surface area contributed by atoms with Gasteiger partial charge in [0.15, 0.2) is 0 Å². The van der Waals surface area contributed by atoms with Gasteiger partial charge in [0, 0.05) is 13.1 Å². The average molecular weight is 490 g/mol. The van der Waals surface area contributed by atoms with Gasteiger partial charge in [-0.1, -0.05) is 70.4 Å². The lowest BCUT2D eigenvalue weighted by atomic mass is 9.98. The van der Waals surface area contributed by atoms with E-state index >= 15 is 0 Å². The molecule has 1 aromatic carbocycles.